The average molecular weight is 247 g/mol. The molecule has 18 heavy (non-hydrogen) atoms. The summed E-state index contributed by atoms with van der Waals surface area (Å²) in [5.74, 6) is 1.73. The number of carbonyl (C=O) groups is 1. The minimum atomic E-state index is 0.0290. The van der Waals surface area contributed by atoms with Crippen molar-refractivity contribution in [2.75, 3.05) is 6.54 Å². The van der Waals surface area contributed by atoms with Crippen LogP contribution in [-0.2, 0) is 0 Å². The molecule has 0 saturated carbocycles. The molecule has 0 aliphatic carbocycles. The molecule has 0 radical (unpaired) electrons. The van der Waals surface area contributed by atoms with Gasteiger partial charge in [0.2, 0.25) is 0 Å². The Balaban J connectivity index is 2.57. The molecule has 0 saturated heterocycles. The van der Waals surface area contributed by atoms with Crippen molar-refractivity contribution >= 4 is 5.91 Å². The fourth-order valence-electron chi connectivity index (χ4n) is 2.26. The Labute approximate surface area is 111 Å². The fourth-order valence-corrected chi connectivity index (χ4v) is 2.26. The SMILES string of the molecule is Cc1ccc(C(=O)NCC(C(C)C)C(C)C)cc1. The molecule has 0 unspecified atom stereocenters. The number of benzene rings is 1. The van der Waals surface area contributed by atoms with Crippen LogP contribution in [0.3, 0.4) is 0 Å². The van der Waals surface area contributed by atoms with Gasteiger partial charge >= 0.3 is 0 Å². The summed E-state index contributed by atoms with van der Waals surface area (Å²) in [6, 6.07) is 7.70. The maximum atomic E-state index is 12.0. The number of amides is 1. The van der Waals surface area contributed by atoms with Crippen molar-refractivity contribution in [3.63, 3.8) is 0 Å². The third-order valence-corrected chi connectivity index (χ3v) is 3.52. The molecule has 1 aromatic carbocycles. The van der Waals surface area contributed by atoms with Crippen molar-refractivity contribution in [2.24, 2.45) is 17.8 Å². The third kappa shape index (κ3) is 4.17. The summed E-state index contributed by atoms with van der Waals surface area (Å²) >= 11 is 0. The first kappa shape index (κ1) is 14.7. The Morgan fingerprint density at radius 1 is 1.06 bits per heavy atom. The number of hydrogen-bond acceptors (Lipinski definition) is 1. The molecular formula is C16H25NO. The zero-order chi connectivity index (χ0) is 13.7. The van der Waals surface area contributed by atoms with Crippen molar-refractivity contribution in [2.45, 2.75) is 34.6 Å². The summed E-state index contributed by atoms with van der Waals surface area (Å²) in [6.45, 7) is 11.6. The van der Waals surface area contributed by atoms with E-state index in [4.69, 9.17) is 0 Å². The van der Waals surface area contributed by atoms with Gasteiger partial charge in [-0.1, -0.05) is 45.4 Å². The molecule has 1 rings (SSSR count). The molecule has 0 fully saturated rings. The second-order valence-corrected chi connectivity index (χ2v) is 5.73. The summed E-state index contributed by atoms with van der Waals surface area (Å²) in [5.41, 5.74) is 1.92. The Morgan fingerprint density at radius 2 is 1.56 bits per heavy atom. The highest BCUT2D eigenvalue weighted by molar-refractivity contribution is 5.94. The van der Waals surface area contributed by atoms with Crippen molar-refractivity contribution in [1.82, 2.24) is 5.32 Å². The van der Waals surface area contributed by atoms with Gasteiger partial charge < -0.3 is 5.32 Å². The Hall–Kier alpha value is -1.31. The highest BCUT2D eigenvalue weighted by Crippen LogP contribution is 2.19. The number of hydrogen-bond donors (Lipinski definition) is 1. The lowest BCUT2D eigenvalue weighted by Crippen LogP contribution is -2.33. The second kappa shape index (κ2) is 6.58. The molecule has 0 bridgehead atoms. The second-order valence-electron chi connectivity index (χ2n) is 5.73. The van der Waals surface area contributed by atoms with E-state index in [2.05, 4.69) is 33.0 Å². The highest BCUT2D eigenvalue weighted by Gasteiger charge is 2.18. The molecule has 0 heterocycles. The van der Waals surface area contributed by atoms with Crippen LogP contribution < -0.4 is 5.32 Å². The molecule has 100 valence electrons. The molecule has 0 aromatic heterocycles. The van der Waals surface area contributed by atoms with Gasteiger partial charge in [0.05, 0.1) is 0 Å². The van der Waals surface area contributed by atoms with E-state index in [0.29, 0.717) is 17.8 Å². The number of rotatable bonds is 5. The van der Waals surface area contributed by atoms with Crippen LogP contribution in [-0.4, -0.2) is 12.5 Å². The van der Waals surface area contributed by atoms with Gasteiger partial charge in [-0.3, -0.25) is 4.79 Å². The topological polar surface area (TPSA) is 29.1 Å². The van der Waals surface area contributed by atoms with E-state index in [0.717, 1.165) is 12.1 Å². The lowest BCUT2D eigenvalue weighted by Gasteiger charge is -2.25. The van der Waals surface area contributed by atoms with E-state index >= 15 is 0 Å². The molecule has 0 atom stereocenters. The minimum Gasteiger partial charge on any atom is -0.352 e. The van der Waals surface area contributed by atoms with E-state index < -0.39 is 0 Å². The smallest absolute Gasteiger partial charge is 0.251 e. The van der Waals surface area contributed by atoms with E-state index in [1.165, 1.54) is 5.56 Å². The molecule has 0 aliphatic heterocycles. The zero-order valence-corrected chi connectivity index (χ0v) is 12.2. The van der Waals surface area contributed by atoms with E-state index in [-0.39, 0.29) is 5.91 Å². The molecule has 2 nitrogen and oxygen atoms in total. The van der Waals surface area contributed by atoms with Crippen molar-refractivity contribution < 1.29 is 4.79 Å². The molecule has 1 aromatic rings. The quantitative estimate of drug-likeness (QED) is 0.845. The van der Waals surface area contributed by atoms with E-state index in [9.17, 15) is 4.79 Å². The maximum Gasteiger partial charge on any atom is 0.251 e. The van der Waals surface area contributed by atoms with E-state index in [1.54, 1.807) is 0 Å². The lowest BCUT2D eigenvalue weighted by molar-refractivity contribution is 0.0937. The Bertz CT molecular complexity index is 371. The van der Waals surface area contributed by atoms with Crippen LogP contribution in [0.25, 0.3) is 0 Å². The predicted molar refractivity (Wildman–Crippen MR) is 76.7 cm³/mol. The van der Waals surface area contributed by atoms with E-state index in [1.807, 2.05) is 31.2 Å². The molecule has 0 aliphatic rings. The molecule has 0 spiro atoms. The van der Waals surface area contributed by atoms with Crippen LogP contribution in [0.2, 0.25) is 0 Å². The van der Waals surface area contributed by atoms with Crippen LogP contribution in [0.15, 0.2) is 24.3 Å². The summed E-state index contributed by atoms with van der Waals surface area (Å²) in [4.78, 5) is 12.0. The molecular weight excluding hydrogens is 222 g/mol. The normalized spacial score (nSPS) is 11.3. The van der Waals surface area contributed by atoms with Gasteiger partial charge in [-0.05, 0) is 36.8 Å². The Morgan fingerprint density at radius 3 is 2.00 bits per heavy atom. The van der Waals surface area contributed by atoms with Crippen LogP contribution >= 0.6 is 0 Å². The van der Waals surface area contributed by atoms with Crippen molar-refractivity contribution in [3.05, 3.63) is 35.4 Å². The number of nitrogens with one attached hydrogen (secondary N) is 1. The number of carbonyl (C=O) groups excluding carboxylic acids is 1. The van der Waals surface area contributed by atoms with Crippen LogP contribution in [0, 0.1) is 24.7 Å². The van der Waals surface area contributed by atoms with Crippen LogP contribution in [0.5, 0.6) is 0 Å². The minimum absolute atomic E-state index is 0.0290. The van der Waals surface area contributed by atoms with Gasteiger partial charge in [-0.2, -0.15) is 0 Å². The van der Waals surface area contributed by atoms with Gasteiger partial charge in [-0.25, -0.2) is 0 Å². The van der Waals surface area contributed by atoms with Gasteiger partial charge in [0.1, 0.15) is 0 Å². The van der Waals surface area contributed by atoms with Gasteiger partial charge in [-0.15, -0.1) is 0 Å². The Kier molecular flexibility index (Phi) is 5.39. The summed E-state index contributed by atoms with van der Waals surface area (Å²) < 4.78 is 0. The maximum absolute atomic E-state index is 12.0. The van der Waals surface area contributed by atoms with Gasteiger partial charge in [0.15, 0.2) is 0 Å². The van der Waals surface area contributed by atoms with Crippen LogP contribution in [0.1, 0.15) is 43.6 Å². The monoisotopic (exact) mass is 247 g/mol. The zero-order valence-electron chi connectivity index (χ0n) is 12.2. The first-order valence-corrected chi connectivity index (χ1v) is 6.76. The van der Waals surface area contributed by atoms with Gasteiger partial charge in [0, 0.05) is 12.1 Å². The van der Waals surface area contributed by atoms with Gasteiger partial charge in [0.25, 0.3) is 5.91 Å². The summed E-state index contributed by atoms with van der Waals surface area (Å²) in [6.07, 6.45) is 0. The predicted octanol–water partition coefficient (Wildman–Crippen LogP) is 3.65. The summed E-state index contributed by atoms with van der Waals surface area (Å²) in [5, 5.41) is 3.04. The lowest BCUT2D eigenvalue weighted by atomic mass is 9.85. The number of aryl methyl sites for hydroxylation is 1. The summed E-state index contributed by atoms with van der Waals surface area (Å²) in [7, 11) is 0. The molecule has 1 N–H and O–H groups in total. The van der Waals surface area contributed by atoms with Crippen molar-refractivity contribution in [3.8, 4) is 0 Å². The first-order valence-electron chi connectivity index (χ1n) is 6.76. The molecule has 2 heteroatoms. The highest BCUT2D eigenvalue weighted by atomic mass is 16.1. The average Bonchev–Trinajstić information content (AvgIpc) is 2.28. The third-order valence-electron chi connectivity index (χ3n) is 3.52. The van der Waals surface area contributed by atoms with Crippen molar-refractivity contribution in [1.29, 1.82) is 0 Å². The van der Waals surface area contributed by atoms with Crippen LogP contribution in [0.4, 0.5) is 0 Å². The molecule has 1 amide bonds. The first-order chi connectivity index (χ1) is 8.41. The fraction of sp³-hybridized carbons (Fsp3) is 0.562. The largest absolute Gasteiger partial charge is 0.352 e. The standard InChI is InChI=1S/C16H25NO/c1-11(2)15(12(3)4)10-17-16(18)14-8-6-13(5)7-9-14/h6-9,11-12,15H,10H2,1-5H3,(H,17,18).